The maximum atomic E-state index is 12.7. The van der Waals surface area contributed by atoms with Gasteiger partial charge in [0.25, 0.3) is 0 Å². The summed E-state index contributed by atoms with van der Waals surface area (Å²) in [5.41, 5.74) is 4.93. The zero-order valence-corrected chi connectivity index (χ0v) is 18.3. The van der Waals surface area contributed by atoms with Crippen molar-refractivity contribution in [1.82, 2.24) is 29.7 Å². The van der Waals surface area contributed by atoms with Gasteiger partial charge in [0, 0.05) is 62.5 Å². The molecular formula is C23H22N8O2. The van der Waals surface area contributed by atoms with Gasteiger partial charge < -0.3 is 15.0 Å². The van der Waals surface area contributed by atoms with Gasteiger partial charge in [0.1, 0.15) is 11.6 Å². The van der Waals surface area contributed by atoms with Gasteiger partial charge in [-0.05, 0) is 11.6 Å². The highest BCUT2D eigenvalue weighted by molar-refractivity contribution is 5.87. The highest BCUT2D eigenvalue weighted by atomic mass is 16.5. The molecule has 1 aliphatic heterocycles. The minimum Gasteiger partial charge on any atom is -0.481 e. The van der Waals surface area contributed by atoms with Gasteiger partial charge in [-0.25, -0.2) is 9.50 Å². The van der Waals surface area contributed by atoms with Crippen LogP contribution in [0.4, 0.5) is 5.69 Å². The van der Waals surface area contributed by atoms with Crippen molar-refractivity contribution in [2.45, 2.75) is 6.54 Å². The molecule has 0 atom stereocenters. The van der Waals surface area contributed by atoms with E-state index in [1.807, 2.05) is 31.6 Å². The number of nitrogens with zero attached hydrogens (tertiary/aromatic N) is 7. The SMILES string of the molecule is COc1ccc(CNC(=O)C2CN(c3cc(-c4cnn(C)c4)cn4ncc(C#N)c34)C2)cn1. The summed E-state index contributed by atoms with van der Waals surface area (Å²) in [5, 5.41) is 21.1. The standard InChI is InChI=1S/C23H22N8O2/c1-29-11-18(10-27-29)16-5-20(22-17(6-24)9-28-31(22)14-16)30-12-19(13-30)23(32)26-8-15-3-4-21(33-2)25-7-15/h3-5,7,9-11,14,19H,8,12-13H2,1-2H3,(H,26,32). The molecular weight excluding hydrogens is 420 g/mol. The molecule has 1 aliphatic rings. The third-order valence-electron chi connectivity index (χ3n) is 5.82. The highest BCUT2D eigenvalue weighted by Crippen LogP contribution is 2.34. The van der Waals surface area contributed by atoms with Crippen molar-refractivity contribution in [3.63, 3.8) is 0 Å². The van der Waals surface area contributed by atoms with E-state index in [1.165, 1.54) is 0 Å². The molecule has 10 nitrogen and oxygen atoms in total. The number of ether oxygens (including phenoxy) is 1. The maximum Gasteiger partial charge on any atom is 0.226 e. The van der Waals surface area contributed by atoms with Crippen LogP contribution < -0.4 is 15.0 Å². The predicted molar refractivity (Wildman–Crippen MR) is 120 cm³/mol. The predicted octanol–water partition coefficient (Wildman–Crippen LogP) is 1.76. The van der Waals surface area contributed by atoms with Crippen molar-refractivity contribution in [3.8, 4) is 23.1 Å². The highest BCUT2D eigenvalue weighted by Gasteiger charge is 2.34. The molecule has 5 rings (SSSR count). The summed E-state index contributed by atoms with van der Waals surface area (Å²) in [6.45, 7) is 1.54. The molecule has 1 saturated heterocycles. The molecule has 0 unspecified atom stereocenters. The van der Waals surface area contributed by atoms with E-state index in [-0.39, 0.29) is 11.8 Å². The molecule has 0 radical (unpaired) electrons. The lowest BCUT2D eigenvalue weighted by Gasteiger charge is -2.40. The quantitative estimate of drug-likeness (QED) is 0.484. The molecule has 4 aromatic rings. The van der Waals surface area contributed by atoms with Crippen LogP contribution in [-0.2, 0) is 18.4 Å². The first kappa shape index (κ1) is 20.5. The Kier molecular flexibility index (Phi) is 5.14. The van der Waals surface area contributed by atoms with Gasteiger partial charge in [-0.1, -0.05) is 6.07 Å². The van der Waals surface area contributed by atoms with Crippen molar-refractivity contribution in [3.05, 3.63) is 60.3 Å². The second kappa shape index (κ2) is 8.27. The number of aryl methyl sites for hydroxylation is 1. The summed E-state index contributed by atoms with van der Waals surface area (Å²) in [6.07, 6.45) is 8.87. The smallest absolute Gasteiger partial charge is 0.226 e. The number of hydrogen-bond donors (Lipinski definition) is 1. The van der Waals surface area contributed by atoms with Crippen molar-refractivity contribution < 1.29 is 9.53 Å². The van der Waals surface area contributed by atoms with Crippen LogP contribution in [-0.4, -0.2) is 50.5 Å². The summed E-state index contributed by atoms with van der Waals surface area (Å²) in [4.78, 5) is 18.9. The average Bonchev–Trinajstić information content (AvgIpc) is 3.43. The first-order valence-electron chi connectivity index (χ1n) is 10.5. The number of carbonyl (C=O) groups is 1. The molecule has 4 aromatic heterocycles. The van der Waals surface area contributed by atoms with Gasteiger partial charge >= 0.3 is 0 Å². The van der Waals surface area contributed by atoms with E-state index >= 15 is 0 Å². The van der Waals surface area contributed by atoms with E-state index in [1.54, 1.807) is 41.0 Å². The van der Waals surface area contributed by atoms with Crippen LogP contribution >= 0.6 is 0 Å². The lowest BCUT2D eigenvalue weighted by atomic mass is 9.97. The fourth-order valence-corrected chi connectivity index (χ4v) is 3.96. The van der Waals surface area contributed by atoms with Gasteiger partial charge in [0.2, 0.25) is 11.8 Å². The van der Waals surface area contributed by atoms with Crippen LogP contribution in [0.5, 0.6) is 5.88 Å². The number of carbonyl (C=O) groups excluding carboxylic acids is 1. The van der Waals surface area contributed by atoms with Crippen molar-refractivity contribution >= 4 is 17.1 Å². The van der Waals surface area contributed by atoms with E-state index in [0.29, 0.717) is 31.1 Å². The van der Waals surface area contributed by atoms with Crippen LogP contribution in [0.3, 0.4) is 0 Å². The lowest BCUT2D eigenvalue weighted by Crippen LogP contribution is -2.53. The number of pyridine rings is 2. The Labute approximate surface area is 190 Å². The van der Waals surface area contributed by atoms with Crippen LogP contribution in [0.25, 0.3) is 16.6 Å². The Morgan fingerprint density at radius 3 is 2.73 bits per heavy atom. The van der Waals surface area contributed by atoms with Gasteiger partial charge in [0.15, 0.2) is 0 Å². The summed E-state index contributed by atoms with van der Waals surface area (Å²) < 4.78 is 8.52. The average molecular weight is 442 g/mol. The molecule has 0 aliphatic carbocycles. The first-order valence-corrected chi connectivity index (χ1v) is 10.5. The Bertz CT molecular complexity index is 1360. The molecule has 5 heterocycles. The molecule has 1 fully saturated rings. The second-order valence-electron chi connectivity index (χ2n) is 8.01. The normalized spacial score (nSPS) is 13.5. The molecule has 1 N–H and O–H groups in total. The third kappa shape index (κ3) is 3.85. The number of rotatable bonds is 6. The largest absolute Gasteiger partial charge is 0.481 e. The minimum absolute atomic E-state index is 0.00415. The molecule has 0 bridgehead atoms. The fourth-order valence-electron chi connectivity index (χ4n) is 3.96. The van der Waals surface area contributed by atoms with E-state index < -0.39 is 0 Å². The number of aromatic nitrogens is 5. The molecule has 0 saturated carbocycles. The Morgan fingerprint density at radius 2 is 2.06 bits per heavy atom. The molecule has 0 aromatic carbocycles. The van der Waals surface area contributed by atoms with Crippen LogP contribution in [0.1, 0.15) is 11.1 Å². The first-order chi connectivity index (χ1) is 16.1. The Hall–Kier alpha value is -4.39. The van der Waals surface area contributed by atoms with E-state index in [9.17, 15) is 10.1 Å². The molecule has 166 valence electrons. The van der Waals surface area contributed by atoms with Gasteiger partial charge in [0.05, 0.1) is 36.7 Å². The van der Waals surface area contributed by atoms with Gasteiger partial charge in [-0.2, -0.15) is 15.5 Å². The molecule has 1 amide bonds. The Morgan fingerprint density at radius 1 is 1.21 bits per heavy atom. The Balaban J connectivity index is 1.32. The van der Waals surface area contributed by atoms with Crippen LogP contribution in [0.2, 0.25) is 0 Å². The third-order valence-corrected chi connectivity index (χ3v) is 5.82. The number of fused-ring (bicyclic) bond motifs is 1. The zero-order chi connectivity index (χ0) is 22.9. The summed E-state index contributed by atoms with van der Waals surface area (Å²) in [6, 6.07) is 7.90. The van der Waals surface area contributed by atoms with E-state index in [2.05, 4.69) is 31.5 Å². The number of hydrogen-bond acceptors (Lipinski definition) is 7. The lowest BCUT2D eigenvalue weighted by molar-refractivity contribution is -0.125. The number of nitrogens with one attached hydrogen (secondary N) is 1. The molecule has 10 heteroatoms. The molecule has 0 spiro atoms. The van der Waals surface area contributed by atoms with Crippen molar-refractivity contribution in [1.29, 1.82) is 5.26 Å². The van der Waals surface area contributed by atoms with Gasteiger partial charge in [-0.3, -0.25) is 9.48 Å². The minimum atomic E-state index is -0.133. The number of methoxy groups -OCH3 is 1. The summed E-state index contributed by atoms with van der Waals surface area (Å²) >= 11 is 0. The number of nitriles is 1. The van der Waals surface area contributed by atoms with Crippen molar-refractivity contribution in [2.24, 2.45) is 13.0 Å². The summed E-state index contributed by atoms with van der Waals surface area (Å²) in [7, 11) is 3.43. The topological polar surface area (TPSA) is 113 Å². The summed E-state index contributed by atoms with van der Waals surface area (Å²) in [5.74, 6) is 0.401. The fraction of sp³-hybridized carbons (Fsp3) is 0.261. The maximum absolute atomic E-state index is 12.7. The van der Waals surface area contributed by atoms with Crippen LogP contribution in [0.15, 0.2) is 49.2 Å². The number of amides is 1. The van der Waals surface area contributed by atoms with Gasteiger partial charge in [-0.15, -0.1) is 0 Å². The monoisotopic (exact) mass is 442 g/mol. The van der Waals surface area contributed by atoms with Crippen molar-refractivity contribution in [2.75, 3.05) is 25.1 Å². The number of anilines is 1. The second-order valence-corrected chi connectivity index (χ2v) is 8.01. The van der Waals surface area contributed by atoms with E-state index in [4.69, 9.17) is 4.74 Å². The zero-order valence-electron chi connectivity index (χ0n) is 18.3. The van der Waals surface area contributed by atoms with Crippen LogP contribution in [0, 0.1) is 17.2 Å². The van der Waals surface area contributed by atoms with E-state index in [0.717, 1.165) is 27.9 Å². The molecule has 33 heavy (non-hydrogen) atoms.